The van der Waals surface area contributed by atoms with Gasteiger partial charge in [-0.25, -0.2) is 5.43 Å². The Morgan fingerprint density at radius 1 is 1.21 bits per heavy atom. The molecular formula is C15H14N2O2. The van der Waals surface area contributed by atoms with Crippen LogP contribution in [0.1, 0.15) is 21.5 Å². The fraction of sp³-hybridized carbons (Fsp3) is 0.0667. The quantitative estimate of drug-likeness (QED) is 0.653. The van der Waals surface area contributed by atoms with E-state index in [0.717, 1.165) is 11.1 Å². The van der Waals surface area contributed by atoms with E-state index in [1.165, 1.54) is 12.1 Å². The number of benzene rings is 2. The van der Waals surface area contributed by atoms with Gasteiger partial charge in [-0.2, -0.15) is 5.10 Å². The van der Waals surface area contributed by atoms with Crippen molar-refractivity contribution in [2.24, 2.45) is 5.10 Å². The van der Waals surface area contributed by atoms with Crippen LogP contribution in [0.3, 0.4) is 0 Å². The van der Waals surface area contributed by atoms with E-state index in [1.807, 2.05) is 31.2 Å². The Bertz CT molecular complexity index is 621. The van der Waals surface area contributed by atoms with Gasteiger partial charge in [0.25, 0.3) is 5.91 Å². The third-order valence-corrected chi connectivity index (χ3v) is 2.53. The Labute approximate surface area is 111 Å². The molecule has 4 nitrogen and oxygen atoms in total. The van der Waals surface area contributed by atoms with E-state index in [1.54, 1.807) is 18.3 Å². The molecule has 4 heteroatoms. The number of hydrazone groups is 1. The maximum absolute atomic E-state index is 11.7. The van der Waals surface area contributed by atoms with Crippen LogP contribution in [-0.4, -0.2) is 17.2 Å². The highest BCUT2D eigenvalue weighted by Gasteiger charge is 2.03. The molecule has 2 N–H and O–H groups in total. The monoisotopic (exact) mass is 254 g/mol. The molecule has 1 amide bonds. The number of hydrogen-bond acceptors (Lipinski definition) is 3. The van der Waals surface area contributed by atoms with Crippen molar-refractivity contribution < 1.29 is 9.90 Å². The number of phenols is 1. The van der Waals surface area contributed by atoms with Crippen LogP contribution in [0.2, 0.25) is 0 Å². The Morgan fingerprint density at radius 2 is 2.00 bits per heavy atom. The number of hydrogen-bond donors (Lipinski definition) is 2. The molecule has 0 aliphatic carbocycles. The molecule has 0 bridgehead atoms. The van der Waals surface area contributed by atoms with Gasteiger partial charge < -0.3 is 5.11 Å². The summed E-state index contributed by atoms with van der Waals surface area (Å²) in [4.78, 5) is 11.7. The van der Waals surface area contributed by atoms with Crippen molar-refractivity contribution in [3.05, 3.63) is 65.2 Å². The van der Waals surface area contributed by atoms with Crippen molar-refractivity contribution in [1.29, 1.82) is 0 Å². The number of nitrogens with one attached hydrogen (secondary N) is 1. The summed E-state index contributed by atoms with van der Waals surface area (Å²) in [7, 11) is 0. The van der Waals surface area contributed by atoms with E-state index in [9.17, 15) is 9.90 Å². The van der Waals surface area contributed by atoms with Gasteiger partial charge in [0.15, 0.2) is 0 Å². The van der Waals surface area contributed by atoms with Crippen molar-refractivity contribution >= 4 is 12.1 Å². The molecule has 0 radical (unpaired) electrons. The van der Waals surface area contributed by atoms with Gasteiger partial charge in [-0.1, -0.05) is 35.9 Å². The zero-order valence-electron chi connectivity index (χ0n) is 10.5. The number of carbonyl (C=O) groups is 1. The van der Waals surface area contributed by atoms with Crippen LogP contribution < -0.4 is 5.43 Å². The van der Waals surface area contributed by atoms with Gasteiger partial charge >= 0.3 is 0 Å². The van der Waals surface area contributed by atoms with E-state index >= 15 is 0 Å². The molecule has 0 fully saturated rings. The Hall–Kier alpha value is -2.62. The van der Waals surface area contributed by atoms with Gasteiger partial charge in [0.05, 0.1) is 6.21 Å². The summed E-state index contributed by atoms with van der Waals surface area (Å²) < 4.78 is 0. The van der Waals surface area contributed by atoms with Crippen LogP contribution in [0.4, 0.5) is 0 Å². The van der Waals surface area contributed by atoms with Crippen LogP contribution in [0.25, 0.3) is 0 Å². The van der Waals surface area contributed by atoms with E-state index in [-0.39, 0.29) is 11.7 Å². The second-order valence-corrected chi connectivity index (χ2v) is 4.16. The number of carbonyl (C=O) groups excluding carboxylic acids is 1. The molecular weight excluding hydrogens is 240 g/mol. The fourth-order valence-electron chi connectivity index (χ4n) is 1.63. The molecule has 0 heterocycles. The van der Waals surface area contributed by atoms with Crippen LogP contribution in [0.15, 0.2) is 53.6 Å². The molecule has 19 heavy (non-hydrogen) atoms. The van der Waals surface area contributed by atoms with Crippen molar-refractivity contribution in [2.75, 3.05) is 0 Å². The second kappa shape index (κ2) is 5.82. The summed E-state index contributed by atoms with van der Waals surface area (Å²) >= 11 is 0. The molecule has 0 unspecified atom stereocenters. The minimum atomic E-state index is -0.361. The smallest absolute Gasteiger partial charge is 0.271 e. The molecule has 2 rings (SSSR count). The Kier molecular flexibility index (Phi) is 3.93. The third kappa shape index (κ3) is 3.67. The molecule has 0 saturated carbocycles. The highest BCUT2D eigenvalue weighted by molar-refractivity contribution is 5.95. The van der Waals surface area contributed by atoms with Crippen LogP contribution in [0, 0.1) is 6.92 Å². The first-order valence-corrected chi connectivity index (χ1v) is 5.84. The number of phenolic OH excluding ortho intramolecular Hbond substituents is 1. The predicted octanol–water partition coefficient (Wildman–Crippen LogP) is 2.46. The summed E-state index contributed by atoms with van der Waals surface area (Å²) in [5.74, 6) is -0.310. The number of amides is 1. The summed E-state index contributed by atoms with van der Waals surface area (Å²) in [5.41, 5.74) is 4.82. The fourth-order valence-corrected chi connectivity index (χ4v) is 1.63. The summed E-state index contributed by atoms with van der Waals surface area (Å²) in [6.07, 6.45) is 1.58. The highest BCUT2D eigenvalue weighted by atomic mass is 16.3. The molecule has 2 aromatic rings. The zero-order chi connectivity index (χ0) is 13.7. The van der Waals surface area contributed by atoms with Crippen molar-refractivity contribution in [2.45, 2.75) is 6.92 Å². The first kappa shape index (κ1) is 12.8. The van der Waals surface area contributed by atoms with Crippen molar-refractivity contribution in [3.63, 3.8) is 0 Å². The number of aromatic hydroxyl groups is 1. The molecule has 96 valence electrons. The van der Waals surface area contributed by atoms with Crippen molar-refractivity contribution in [1.82, 2.24) is 5.43 Å². The molecule has 0 saturated heterocycles. The topological polar surface area (TPSA) is 61.7 Å². The first-order chi connectivity index (χ1) is 9.15. The predicted molar refractivity (Wildman–Crippen MR) is 74.3 cm³/mol. The molecule has 0 spiro atoms. The normalized spacial score (nSPS) is 10.6. The lowest BCUT2D eigenvalue weighted by molar-refractivity contribution is 0.0954. The van der Waals surface area contributed by atoms with Gasteiger partial charge in [-0.3, -0.25) is 4.79 Å². The maximum Gasteiger partial charge on any atom is 0.271 e. The summed E-state index contributed by atoms with van der Waals surface area (Å²) in [6, 6.07) is 13.9. The molecule has 2 aromatic carbocycles. The average Bonchev–Trinajstić information content (AvgIpc) is 2.38. The third-order valence-electron chi connectivity index (χ3n) is 2.53. The van der Waals surface area contributed by atoms with Gasteiger partial charge in [-0.15, -0.1) is 0 Å². The number of nitrogens with zero attached hydrogens (tertiary/aromatic N) is 1. The molecule has 0 aliphatic heterocycles. The molecule has 0 aromatic heterocycles. The largest absolute Gasteiger partial charge is 0.508 e. The number of aryl methyl sites for hydroxylation is 1. The molecule has 0 aliphatic rings. The van der Waals surface area contributed by atoms with Crippen LogP contribution in [0.5, 0.6) is 5.75 Å². The van der Waals surface area contributed by atoms with Crippen molar-refractivity contribution in [3.8, 4) is 5.75 Å². The standard InChI is InChI=1S/C15H14N2O2/c1-11-4-2-5-12(8-11)10-16-17-15(19)13-6-3-7-14(18)9-13/h2-10,18H,1H3,(H,17,19)/b16-10+. The van der Waals surface area contributed by atoms with E-state index < -0.39 is 0 Å². The lowest BCUT2D eigenvalue weighted by Crippen LogP contribution is -2.17. The van der Waals surface area contributed by atoms with Gasteiger partial charge in [0.1, 0.15) is 5.75 Å². The summed E-state index contributed by atoms with van der Waals surface area (Å²) in [5, 5.41) is 13.2. The van der Waals surface area contributed by atoms with Crippen LogP contribution >= 0.6 is 0 Å². The zero-order valence-corrected chi connectivity index (χ0v) is 10.5. The SMILES string of the molecule is Cc1cccc(/C=N/NC(=O)c2cccc(O)c2)c1. The van der Waals surface area contributed by atoms with E-state index in [0.29, 0.717) is 5.56 Å². The van der Waals surface area contributed by atoms with E-state index in [4.69, 9.17) is 0 Å². The van der Waals surface area contributed by atoms with Crippen LogP contribution in [-0.2, 0) is 0 Å². The minimum absolute atomic E-state index is 0.0512. The summed E-state index contributed by atoms with van der Waals surface area (Å²) in [6.45, 7) is 1.99. The van der Waals surface area contributed by atoms with Gasteiger partial charge in [-0.05, 0) is 30.7 Å². The Balaban J connectivity index is 2.01. The Morgan fingerprint density at radius 3 is 2.74 bits per heavy atom. The van der Waals surface area contributed by atoms with Gasteiger partial charge in [0, 0.05) is 5.56 Å². The highest BCUT2D eigenvalue weighted by Crippen LogP contribution is 2.10. The maximum atomic E-state index is 11.7. The number of rotatable bonds is 3. The first-order valence-electron chi connectivity index (χ1n) is 5.84. The van der Waals surface area contributed by atoms with Gasteiger partial charge in [0.2, 0.25) is 0 Å². The molecule has 0 atom stereocenters. The average molecular weight is 254 g/mol. The van der Waals surface area contributed by atoms with E-state index in [2.05, 4.69) is 10.5 Å². The second-order valence-electron chi connectivity index (χ2n) is 4.16. The minimum Gasteiger partial charge on any atom is -0.508 e. The lowest BCUT2D eigenvalue weighted by Gasteiger charge is -2.00. The lowest BCUT2D eigenvalue weighted by atomic mass is 10.2.